The summed E-state index contributed by atoms with van der Waals surface area (Å²) in [7, 11) is 0. The zero-order valence-corrected chi connectivity index (χ0v) is 13.8. The molecule has 1 N–H and O–H groups in total. The minimum absolute atomic E-state index is 0.206. The Balaban J connectivity index is 1.62. The van der Waals surface area contributed by atoms with Crippen LogP contribution in [0.15, 0.2) is 62.8 Å². The Morgan fingerprint density at radius 2 is 1.96 bits per heavy atom. The third kappa shape index (κ3) is 2.93. The van der Waals surface area contributed by atoms with Crippen molar-refractivity contribution in [1.82, 2.24) is 10.3 Å². The van der Waals surface area contributed by atoms with E-state index in [2.05, 4.69) is 15.3 Å². The summed E-state index contributed by atoms with van der Waals surface area (Å²) in [6.07, 6.45) is 1.73. The number of oxazole rings is 1. The number of carbonyl (C=O) groups excluding carboxylic acids is 1. The van der Waals surface area contributed by atoms with Crippen LogP contribution in [0.2, 0.25) is 5.02 Å². The van der Waals surface area contributed by atoms with E-state index in [-0.39, 0.29) is 11.9 Å². The van der Waals surface area contributed by atoms with Crippen molar-refractivity contribution in [2.24, 2.45) is 4.99 Å². The number of aromatic nitrogens is 1. The van der Waals surface area contributed by atoms with Crippen LogP contribution in [0.4, 0.5) is 6.01 Å². The molecule has 118 valence electrons. The van der Waals surface area contributed by atoms with Crippen LogP contribution in [0.1, 0.15) is 5.56 Å². The van der Waals surface area contributed by atoms with E-state index in [9.17, 15) is 4.79 Å². The van der Waals surface area contributed by atoms with E-state index in [1.54, 1.807) is 12.1 Å². The topological polar surface area (TPSA) is 67.5 Å². The summed E-state index contributed by atoms with van der Waals surface area (Å²) >= 11 is 7.34. The third-order valence-corrected chi connectivity index (χ3v) is 4.58. The second-order valence-electron chi connectivity index (χ2n) is 4.97. The maximum Gasteiger partial charge on any atom is 0.325 e. The van der Waals surface area contributed by atoms with Crippen LogP contribution in [0.3, 0.4) is 0 Å². The van der Waals surface area contributed by atoms with E-state index in [1.807, 2.05) is 42.5 Å². The van der Waals surface area contributed by atoms with Gasteiger partial charge >= 0.3 is 6.01 Å². The number of nitrogens with zero attached hydrogens (tertiary/aromatic N) is 2. The quantitative estimate of drug-likeness (QED) is 0.693. The zero-order chi connectivity index (χ0) is 16.5. The molecule has 1 aliphatic heterocycles. The Bertz CT molecular complexity index is 977. The number of nitrogens with one attached hydrogen (secondary N) is 1. The van der Waals surface area contributed by atoms with Crippen molar-refractivity contribution in [3.63, 3.8) is 0 Å². The molecule has 4 rings (SSSR count). The fourth-order valence-corrected chi connectivity index (χ4v) is 3.20. The van der Waals surface area contributed by atoms with Crippen molar-refractivity contribution in [3.05, 3.63) is 64.0 Å². The molecular formula is C17H10ClN3O2S. The Morgan fingerprint density at radius 3 is 2.79 bits per heavy atom. The predicted molar refractivity (Wildman–Crippen MR) is 96.3 cm³/mol. The van der Waals surface area contributed by atoms with Gasteiger partial charge in [0.15, 0.2) is 10.8 Å². The highest BCUT2D eigenvalue weighted by molar-refractivity contribution is 8.18. The van der Waals surface area contributed by atoms with Gasteiger partial charge in [-0.25, -0.2) is 0 Å². The van der Waals surface area contributed by atoms with Gasteiger partial charge in [0.25, 0.3) is 5.91 Å². The number of rotatable bonds is 2. The second kappa shape index (κ2) is 6.14. The minimum Gasteiger partial charge on any atom is -0.422 e. The van der Waals surface area contributed by atoms with Gasteiger partial charge in [0, 0.05) is 5.02 Å². The number of amides is 1. The molecule has 0 radical (unpaired) electrons. The molecule has 7 heteroatoms. The first-order chi connectivity index (χ1) is 11.7. The fraction of sp³-hybridized carbons (Fsp3) is 0. The lowest BCUT2D eigenvalue weighted by Crippen LogP contribution is -2.19. The average Bonchev–Trinajstić information content (AvgIpc) is 3.12. The molecule has 3 aromatic rings. The number of hydrogen-bond acceptors (Lipinski definition) is 5. The monoisotopic (exact) mass is 355 g/mol. The SMILES string of the molecule is O=C1N/C(=N\c2nc3ccccc3o2)S/C1=C\c1ccccc1Cl. The van der Waals surface area contributed by atoms with Crippen LogP contribution in [0, 0.1) is 0 Å². The Hall–Kier alpha value is -2.57. The van der Waals surface area contributed by atoms with Crippen LogP contribution in [0.25, 0.3) is 17.2 Å². The lowest BCUT2D eigenvalue weighted by atomic mass is 10.2. The number of halogens is 1. The summed E-state index contributed by atoms with van der Waals surface area (Å²) in [6, 6.07) is 14.9. The van der Waals surface area contributed by atoms with Gasteiger partial charge in [-0.1, -0.05) is 41.9 Å². The van der Waals surface area contributed by atoms with Gasteiger partial charge in [-0.15, -0.1) is 0 Å². The number of para-hydroxylation sites is 2. The Morgan fingerprint density at radius 1 is 1.17 bits per heavy atom. The second-order valence-corrected chi connectivity index (χ2v) is 6.41. The van der Waals surface area contributed by atoms with E-state index >= 15 is 0 Å². The summed E-state index contributed by atoms with van der Waals surface area (Å²) in [5, 5.41) is 3.71. The molecule has 2 aromatic carbocycles. The molecule has 1 amide bonds. The fourth-order valence-electron chi connectivity index (χ4n) is 2.21. The highest BCUT2D eigenvalue weighted by Crippen LogP contribution is 2.30. The summed E-state index contributed by atoms with van der Waals surface area (Å²) < 4.78 is 5.53. The first kappa shape index (κ1) is 15.0. The first-order valence-corrected chi connectivity index (χ1v) is 8.28. The number of thioether (sulfide) groups is 1. The van der Waals surface area contributed by atoms with E-state index in [0.717, 1.165) is 11.1 Å². The maximum atomic E-state index is 12.1. The van der Waals surface area contributed by atoms with Crippen molar-refractivity contribution in [1.29, 1.82) is 0 Å². The van der Waals surface area contributed by atoms with Gasteiger partial charge < -0.3 is 9.73 Å². The van der Waals surface area contributed by atoms with Crippen LogP contribution in [0.5, 0.6) is 0 Å². The molecule has 1 aromatic heterocycles. The predicted octanol–water partition coefficient (Wildman–Crippen LogP) is 4.37. The molecule has 5 nitrogen and oxygen atoms in total. The largest absolute Gasteiger partial charge is 0.422 e. The Kier molecular flexibility index (Phi) is 3.84. The summed E-state index contributed by atoms with van der Waals surface area (Å²) in [4.78, 5) is 21.1. The average molecular weight is 356 g/mol. The van der Waals surface area contributed by atoms with E-state index in [4.69, 9.17) is 16.0 Å². The molecule has 2 heterocycles. The number of fused-ring (bicyclic) bond motifs is 1. The third-order valence-electron chi connectivity index (χ3n) is 3.32. The minimum atomic E-state index is -0.227. The zero-order valence-electron chi connectivity index (χ0n) is 12.2. The van der Waals surface area contributed by atoms with E-state index in [0.29, 0.717) is 20.7 Å². The summed E-state index contributed by atoms with van der Waals surface area (Å²) in [5.74, 6) is -0.227. The number of aliphatic imine (C=N–C) groups is 1. The van der Waals surface area contributed by atoms with Crippen LogP contribution < -0.4 is 5.32 Å². The number of hydrogen-bond donors (Lipinski definition) is 1. The van der Waals surface area contributed by atoms with E-state index < -0.39 is 0 Å². The summed E-state index contributed by atoms with van der Waals surface area (Å²) in [6.45, 7) is 0. The van der Waals surface area contributed by atoms with E-state index in [1.165, 1.54) is 11.8 Å². The molecule has 0 atom stereocenters. The van der Waals surface area contributed by atoms with Gasteiger partial charge in [-0.05, 0) is 41.6 Å². The number of benzene rings is 2. The van der Waals surface area contributed by atoms with Gasteiger partial charge in [0.2, 0.25) is 0 Å². The van der Waals surface area contributed by atoms with Crippen molar-refractivity contribution in [3.8, 4) is 0 Å². The standard InChI is InChI=1S/C17H10ClN3O2S/c18-11-6-2-1-5-10(11)9-14-15(22)20-17(24-14)21-16-19-12-7-3-4-8-13(12)23-16/h1-9H,(H,19,20,21,22)/b14-9-. The molecule has 0 aliphatic carbocycles. The van der Waals surface area contributed by atoms with Crippen molar-refractivity contribution >= 4 is 57.6 Å². The smallest absolute Gasteiger partial charge is 0.325 e. The molecule has 1 fully saturated rings. The Labute approximate surface area is 146 Å². The summed E-state index contributed by atoms with van der Waals surface area (Å²) in [5.41, 5.74) is 2.15. The van der Waals surface area contributed by atoms with Gasteiger partial charge in [0.05, 0.1) is 4.91 Å². The van der Waals surface area contributed by atoms with Crippen molar-refractivity contribution < 1.29 is 9.21 Å². The maximum absolute atomic E-state index is 12.1. The van der Waals surface area contributed by atoms with Crippen LogP contribution in [-0.4, -0.2) is 16.1 Å². The highest BCUT2D eigenvalue weighted by Gasteiger charge is 2.24. The highest BCUT2D eigenvalue weighted by atomic mass is 35.5. The molecule has 1 aliphatic rings. The van der Waals surface area contributed by atoms with Gasteiger partial charge in [-0.2, -0.15) is 9.98 Å². The molecule has 0 spiro atoms. The lowest BCUT2D eigenvalue weighted by Gasteiger charge is -1.97. The molecule has 24 heavy (non-hydrogen) atoms. The van der Waals surface area contributed by atoms with Crippen molar-refractivity contribution in [2.45, 2.75) is 0 Å². The molecular weight excluding hydrogens is 346 g/mol. The van der Waals surface area contributed by atoms with Crippen molar-refractivity contribution in [2.75, 3.05) is 0 Å². The number of amidine groups is 1. The molecule has 0 bridgehead atoms. The molecule has 0 unspecified atom stereocenters. The van der Waals surface area contributed by atoms with Gasteiger partial charge in [-0.3, -0.25) is 4.79 Å². The molecule has 1 saturated heterocycles. The van der Waals surface area contributed by atoms with Crippen LogP contribution >= 0.6 is 23.4 Å². The van der Waals surface area contributed by atoms with Crippen LogP contribution in [-0.2, 0) is 4.79 Å². The van der Waals surface area contributed by atoms with Gasteiger partial charge in [0.1, 0.15) is 5.52 Å². The lowest BCUT2D eigenvalue weighted by molar-refractivity contribution is -0.115. The number of carbonyl (C=O) groups is 1. The normalized spacial score (nSPS) is 17.8. The first-order valence-electron chi connectivity index (χ1n) is 7.09. The molecule has 0 saturated carbocycles.